The van der Waals surface area contributed by atoms with E-state index in [1.165, 1.54) is 31.2 Å². The van der Waals surface area contributed by atoms with Gasteiger partial charge in [-0.2, -0.15) is 0 Å². The lowest BCUT2D eigenvalue weighted by Gasteiger charge is -2.31. The van der Waals surface area contributed by atoms with Gasteiger partial charge in [0.25, 0.3) is 0 Å². The molecule has 0 bridgehead atoms. The summed E-state index contributed by atoms with van der Waals surface area (Å²) in [5.74, 6) is 0.678. The van der Waals surface area contributed by atoms with Gasteiger partial charge in [-0.3, -0.25) is 0 Å². The Labute approximate surface area is 98.2 Å². The van der Waals surface area contributed by atoms with Gasteiger partial charge in [-0.1, -0.05) is 43.2 Å². The molecule has 3 N–H and O–H groups in total. The molecule has 0 spiro atoms. The Balaban J connectivity index is 1.84. The normalized spacial score (nSPS) is 25.6. The van der Waals surface area contributed by atoms with Crippen molar-refractivity contribution in [2.75, 3.05) is 6.54 Å². The second-order valence-electron chi connectivity index (χ2n) is 4.75. The molecule has 1 saturated carbocycles. The molecule has 2 rings (SSSR count). The average Bonchev–Trinajstić information content (AvgIpc) is 2.38. The number of benzene rings is 1. The molecule has 0 aliphatic heterocycles. The van der Waals surface area contributed by atoms with E-state index < -0.39 is 0 Å². The lowest BCUT2D eigenvalue weighted by atomic mass is 9.84. The van der Waals surface area contributed by atoms with E-state index in [1.807, 2.05) is 0 Å². The van der Waals surface area contributed by atoms with Crippen molar-refractivity contribution >= 4 is 0 Å². The second kappa shape index (κ2) is 6.02. The van der Waals surface area contributed by atoms with Crippen LogP contribution in [0.3, 0.4) is 0 Å². The minimum Gasteiger partial charge on any atom is -0.330 e. The van der Waals surface area contributed by atoms with Crippen molar-refractivity contribution in [2.24, 2.45) is 11.7 Å². The fraction of sp³-hybridized carbons (Fsp3) is 0.571. The summed E-state index contributed by atoms with van der Waals surface area (Å²) in [5.41, 5.74) is 7.19. The van der Waals surface area contributed by atoms with Crippen molar-refractivity contribution in [3.63, 3.8) is 0 Å². The first-order valence-corrected chi connectivity index (χ1v) is 6.37. The van der Waals surface area contributed by atoms with Crippen LogP contribution in [0, 0.1) is 5.92 Å². The summed E-state index contributed by atoms with van der Waals surface area (Å²) in [6.07, 6.45) is 5.28. The van der Waals surface area contributed by atoms with Crippen LogP contribution < -0.4 is 11.1 Å². The van der Waals surface area contributed by atoms with Crippen molar-refractivity contribution < 1.29 is 0 Å². The smallest absolute Gasteiger partial charge is 0.0208 e. The number of rotatable bonds is 4. The van der Waals surface area contributed by atoms with Gasteiger partial charge in [0, 0.05) is 12.6 Å². The van der Waals surface area contributed by atoms with E-state index in [9.17, 15) is 0 Å². The highest BCUT2D eigenvalue weighted by Gasteiger charge is 2.22. The molecule has 1 aromatic rings. The second-order valence-corrected chi connectivity index (χ2v) is 4.75. The predicted octanol–water partition coefficient (Wildman–Crippen LogP) is 2.29. The first-order valence-electron chi connectivity index (χ1n) is 6.37. The fourth-order valence-corrected chi connectivity index (χ4v) is 2.60. The van der Waals surface area contributed by atoms with E-state index in [0.717, 1.165) is 13.1 Å². The van der Waals surface area contributed by atoms with E-state index in [1.54, 1.807) is 0 Å². The summed E-state index contributed by atoms with van der Waals surface area (Å²) in [4.78, 5) is 0. The van der Waals surface area contributed by atoms with E-state index in [0.29, 0.717) is 12.0 Å². The van der Waals surface area contributed by atoms with Gasteiger partial charge in [0.1, 0.15) is 0 Å². The van der Waals surface area contributed by atoms with Crippen molar-refractivity contribution in [3.8, 4) is 0 Å². The zero-order valence-electron chi connectivity index (χ0n) is 9.86. The molecule has 0 saturated heterocycles. The van der Waals surface area contributed by atoms with Crippen molar-refractivity contribution in [2.45, 2.75) is 38.3 Å². The first kappa shape index (κ1) is 11.6. The molecule has 1 aromatic carbocycles. The molecule has 1 unspecified atom stereocenters. The summed E-state index contributed by atoms with van der Waals surface area (Å²) >= 11 is 0. The van der Waals surface area contributed by atoms with Crippen LogP contribution >= 0.6 is 0 Å². The van der Waals surface area contributed by atoms with Crippen LogP contribution in [0.15, 0.2) is 30.3 Å². The summed E-state index contributed by atoms with van der Waals surface area (Å²) in [6.45, 7) is 1.80. The summed E-state index contributed by atoms with van der Waals surface area (Å²) in [7, 11) is 0. The third kappa shape index (κ3) is 3.06. The van der Waals surface area contributed by atoms with Crippen molar-refractivity contribution in [3.05, 3.63) is 35.9 Å². The maximum absolute atomic E-state index is 5.82. The van der Waals surface area contributed by atoms with Gasteiger partial charge in [0.2, 0.25) is 0 Å². The summed E-state index contributed by atoms with van der Waals surface area (Å²) < 4.78 is 0. The van der Waals surface area contributed by atoms with Crippen LogP contribution in [-0.4, -0.2) is 12.6 Å². The van der Waals surface area contributed by atoms with E-state index >= 15 is 0 Å². The van der Waals surface area contributed by atoms with Gasteiger partial charge in [0.15, 0.2) is 0 Å². The van der Waals surface area contributed by atoms with Gasteiger partial charge >= 0.3 is 0 Å². The predicted molar refractivity (Wildman–Crippen MR) is 68.1 cm³/mol. The minimum absolute atomic E-state index is 0.624. The van der Waals surface area contributed by atoms with Gasteiger partial charge < -0.3 is 11.1 Å². The largest absolute Gasteiger partial charge is 0.330 e. The molecule has 0 amide bonds. The Morgan fingerprint density at radius 2 is 1.88 bits per heavy atom. The Bertz CT molecular complexity index is 297. The minimum atomic E-state index is 0.624. The molecule has 1 aliphatic rings. The first-order chi connectivity index (χ1) is 7.90. The topological polar surface area (TPSA) is 38.0 Å². The summed E-state index contributed by atoms with van der Waals surface area (Å²) in [5, 5.41) is 3.66. The fourth-order valence-electron chi connectivity index (χ4n) is 2.60. The summed E-state index contributed by atoms with van der Waals surface area (Å²) in [6, 6.07) is 11.2. The lowest BCUT2D eigenvalue weighted by molar-refractivity contribution is 0.267. The van der Waals surface area contributed by atoms with Crippen LogP contribution in [0.4, 0.5) is 0 Å². The third-order valence-corrected chi connectivity index (χ3v) is 3.62. The molecule has 2 nitrogen and oxygen atoms in total. The monoisotopic (exact) mass is 218 g/mol. The highest BCUT2D eigenvalue weighted by atomic mass is 14.9. The molecule has 88 valence electrons. The molecular weight excluding hydrogens is 196 g/mol. The number of hydrogen-bond donors (Lipinski definition) is 2. The number of nitrogens with one attached hydrogen (secondary N) is 1. The highest BCUT2D eigenvalue weighted by molar-refractivity contribution is 5.14. The Hall–Kier alpha value is -0.860. The van der Waals surface area contributed by atoms with Gasteiger partial charge in [-0.25, -0.2) is 0 Å². The number of nitrogens with two attached hydrogens (primary N) is 1. The van der Waals surface area contributed by atoms with E-state index in [-0.39, 0.29) is 0 Å². The zero-order chi connectivity index (χ0) is 11.2. The standard InChI is InChI=1S/C14H22N2/c15-10-13-8-4-5-9-14(13)16-11-12-6-2-1-3-7-12/h1-3,6-7,13-14,16H,4-5,8-11,15H2/t13?,14-/m1/s1. The van der Waals surface area contributed by atoms with Gasteiger partial charge in [-0.15, -0.1) is 0 Å². The lowest BCUT2D eigenvalue weighted by Crippen LogP contribution is -2.41. The van der Waals surface area contributed by atoms with Gasteiger partial charge in [0.05, 0.1) is 0 Å². The van der Waals surface area contributed by atoms with Crippen LogP contribution in [-0.2, 0) is 6.54 Å². The Morgan fingerprint density at radius 3 is 2.62 bits per heavy atom. The molecule has 16 heavy (non-hydrogen) atoms. The average molecular weight is 218 g/mol. The Morgan fingerprint density at radius 1 is 1.12 bits per heavy atom. The SMILES string of the molecule is NCC1CCCC[C@H]1NCc1ccccc1. The van der Waals surface area contributed by atoms with Crippen LogP contribution in [0.5, 0.6) is 0 Å². The van der Waals surface area contributed by atoms with Crippen LogP contribution in [0.1, 0.15) is 31.2 Å². The van der Waals surface area contributed by atoms with Crippen LogP contribution in [0.25, 0.3) is 0 Å². The van der Waals surface area contributed by atoms with Crippen LogP contribution in [0.2, 0.25) is 0 Å². The highest BCUT2D eigenvalue weighted by Crippen LogP contribution is 2.23. The molecular formula is C14H22N2. The quantitative estimate of drug-likeness (QED) is 0.813. The molecule has 1 fully saturated rings. The molecule has 0 aromatic heterocycles. The van der Waals surface area contributed by atoms with Gasteiger partial charge in [-0.05, 0) is 30.9 Å². The van der Waals surface area contributed by atoms with E-state index in [4.69, 9.17) is 5.73 Å². The number of hydrogen-bond acceptors (Lipinski definition) is 2. The maximum Gasteiger partial charge on any atom is 0.0208 e. The molecule has 2 heteroatoms. The Kier molecular flexibility index (Phi) is 4.37. The molecule has 0 radical (unpaired) electrons. The van der Waals surface area contributed by atoms with E-state index in [2.05, 4.69) is 35.6 Å². The van der Waals surface area contributed by atoms with Crippen molar-refractivity contribution in [1.82, 2.24) is 5.32 Å². The zero-order valence-corrected chi connectivity index (χ0v) is 9.86. The van der Waals surface area contributed by atoms with Crippen molar-refractivity contribution in [1.29, 1.82) is 0 Å². The maximum atomic E-state index is 5.82. The molecule has 1 aliphatic carbocycles. The molecule has 0 heterocycles. The third-order valence-electron chi connectivity index (χ3n) is 3.62. The molecule has 2 atom stereocenters.